The van der Waals surface area contributed by atoms with Crippen molar-refractivity contribution in [2.45, 2.75) is 0 Å². The van der Waals surface area contributed by atoms with Gasteiger partial charge in [0.05, 0.1) is 22.9 Å². The highest BCUT2D eigenvalue weighted by Gasteiger charge is 2.22. The van der Waals surface area contributed by atoms with Crippen molar-refractivity contribution in [2.24, 2.45) is 0 Å². The number of nitrogens with one attached hydrogen (secondary N) is 2. The number of anilines is 2. The van der Waals surface area contributed by atoms with Gasteiger partial charge in [-0.25, -0.2) is 0 Å². The minimum atomic E-state index is -0.391. The van der Waals surface area contributed by atoms with E-state index < -0.39 is 5.91 Å². The lowest BCUT2D eigenvalue weighted by molar-refractivity contribution is -0.118. The van der Waals surface area contributed by atoms with Gasteiger partial charge in [0.2, 0.25) is 0 Å². The van der Waals surface area contributed by atoms with Crippen LogP contribution in [0.5, 0.6) is 5.75 Å². The summed E-state index contributed by atoms with van der Waals surface area (Å²) >= 11 is 0. The van der Waals surface area contributed by atoms with E-state index in [0.717, 1.165) is 0 Å². The fourth-order valence-electron chi connectivity index (χ4n) is 2.15. The van der Waals surface area contributed by atoms with E-state index in [0.29, 0.717) is 28.3 Å². The number of rotatable bonds is 2. The molecule has 0 unspecified atom stereocenters. The van der Waals surface area contributed by atoms with Gasteiger partial charge in [0.25, 0.3) is 11.8 Å². The molecule has 108 valence electrons. The Morgan fingerprint density at radius 2 is 2.09 bits per heavy atom. The molecule has 2 N–H and O–H groups in total. The molecule has 0 bridgehead atoms. The molecule has 6 nitrogen and oxygen atoms in total. The Balaban J connectivity index is 1.90. The van der Waals surface area contributed by atoms with E-state index in [1.807, 2.05) is 6.07 Å². The van der Waals surface area contributed by atoms with Crippen molar-refractivity contribution in [1.29, 1.82) is 5.26 Å². The van der Waals surface area contributed by atoms with Crippen LogP contribution >= 0.6 is 0 Å². The fourth-order valence-corrected chi connectivity index (χ4v) is 2.15. The Morgan fingerprint density at radius 1 is 1.27 bits per heavy atom. The Kier molecular flexibility index (Phi) is 3.46. The molecule has 1 aliphatic rings. The quantitative estimate of drug-likeness (QED) is 0.887. The summed E-state index contributed by atoms with van der Waals surface area (Å²) in [5, 5.41) is 14.2. The molecule has 0 aliphatic carbocycles. The number of carbonyl (C=O) groups is 2. The second kappa shape index (κ2) is 5.58. The van der Waals surface area contributed by atoms with E-state index >= 15 is 0 Å². The van der Waals surface area contributed by atoms with Gasteiger partial charge in [0, 0.05) is 5.69 Å². The van der Waals surface area contributed by atoms with Crippen molar-refractivity contribution in [1.82, 2.24) is 0 Å². The fraction of sp³-hybridized carbons (Fsp3) is 0.0625. The minimum absolute atomic E-state index is 0.0672. The van der Waals surface area contributed by atoms with E-state index in [9.17, 15) is 9.59 Å². The highest BCUT2D eigenvalue weighted by atomic mass is 16.5. The van der Waals surface area contributed by atoms with E-state index in [-0.39, 0.29) is 12.5 Å². The van der Waals surface area contributed by atoms with Crippen molar-refractivity contribution in [3.8, 4) is 11.8 Å². The van der Waals surface area contributed by atoms with Crippen molar-refractivity contribution in [3.05, 3.63) is 53.6 Å². The molecule has 0 saturated heterocycles. The molecule has 6 heteroatoms. The van der Waals surface area contributed by atoms with Gasteiger partial charge in [0.15, 0.2) is 6.61 Å². The monoisotopic (exact) mass is 293 g/mol. The summed E-state index contributed by atoms with van der Waals surface area (Å²) in [5.41, 5.74) is 1.61. The van der Waals surface area contributed by atoms with Gasteiger partial charge in [-0.15, -0.1) is 0 Å². The molecule has 0 atom stereocenters. The second-order valence-electron chi connectivity index (χ2n) is 4.66. The van der Waals surface area contributed by atoms with E-state index in [4.69, 9.17) is 10.00 Å². The summed E-state index contributed by atoms with van der Waals surface area (Å²) < 4.78 is 5.28. The molecule has 2 amide bonds. The summed E-state index contributed by atoms with van der Waals surface area (Å²) in [7, 11) is 0. The summed E-state index contributed by atoms with van der Waals surface area (Å²) in [6.07, 6.45) is 0. The zero-order chi connectivity index (χ0) is 15.5. The summed E-state index contributed by atoms with van der Waals surface area (Å²) in [5.74, 6) is -0.241. The van der Waals surface area contributed by atoms with Gasteiger partial charge in [-0.3, -0.25) is 9.59 Å². The van der Waals surface area contributed by atoms with E-state index in [1.165, 1.54) is 0 Å². The highest BCUT2D eigenvalue weighted by Crippen LogP contribution is 2.31. The standard InChI is InChI=1S/C16H11N3O3/c17-8-10-3-1-4-11(7-10)18-16(21)12-5-2-6-13-15(12)19-14(20)9-22-13/h1-7H,9H2,(H,18,21)(H,19,20). The largest absolute Gasteiger partial charge is 0.482 e. The van der Waals surface area contributed by atoms with Gasteiger partial charge in [-0.1, -0.05) is 12.1 Å². The molecular weight excluding hydrogens is 282 g/mol. The lowest BCUT2D eigenvalue weighted by Gasteiger charge is -2.20. The van der Waals surface area contributed by atoms with Crippen molar-refractivity contribution in [2.75, 3.05) is 17.2 Å². The Hall–Kier alpha value is -3.33. The molecule has 0 fully saturated rings. The first-order chi connectivity index (χ1) is 10.7. The van der Waals surface area contributed by atoms with Crippen LogP contribution in [0, 0.1) is 11.3 Å². The normalized spacial score (nSPS) is 12.4. The van der Waals surface area contributed by atoms with Crippen molar-refractivity contribution in [3.63, 3.8) is 0 Å². The van der Waals surface area contributed by atoms with Crippen LogP contribution in [-0.4, -0.2) is 18.4 Å². The SMILES string of the molecule is N#Cc1cccc(NC(=O)c2cccc3c2NC(=O)CO3)c1. The molecule has 3 rings (SSSR count). The van der Waals surface area contributed by atoms with Gasteiger partial charge in [0.1, 0.15) is 5.75 Å². The van der Waals surface area contributed by atoms with Crippen molar-refractivity contribution >= 4 is 23.2 Å². The van der Waals surface area contributed by atoms with Gasteiger partial charge < -0.3 is 15.4 Å². The number of benzene rings is 2. The number of ether oxygens (including phenoxy) is 1. The number of fused-ring (bicyclic) bond motifs is 1. The van der Waals surface area contributed by atoms with Crippen LogP contribution in [0.3, 0.4) is 0 Å². The lowest BCUT2D eigenvalue weighted by Crippen LogP contribution is -2.27. The van der Waals surface area contributed by atoms with Crippen LogP contribution in [0.4, 0.5) is 11.4 Å². The van der Waals surface area contributed by atoms with Crippen LogP contribution in [0.15, 0.2) is 42.5 Å². The Bertz CT molecular complexity index is 809. The number of nitriles is 1. The first-order valence-corrected chi connectivity index (χ1v) is 6.54. The number of hydrogen-bond donors (Lipinski definition) is 2. The minimum Gasteiger partial charge on any atom is -0.482 e. The molecule has 22 heavy (non-hydrogen) atoms. The molecule has 1 aliphatic heterocycles. The molecule has 2 aromatic carbocycles. The molecule has 0 radical (unpaired) electrons. The number of carbonyl (C=O) groups excluding carboxylic acids is 2. The highest BCUT2D eigenvalue weighted by molar-refractivity contribution is 6.12. The molecule has 1 heterocycles. The smallest absolute Gasteiger partial charge is 0.262 e. The first kappa shape index (κ1) is 13.6. The third-order valence-corrected chi connectivity index (χ3v) is 3.14. The molecule has 0 saturated carbocycles. The number of hydrogen-bond acceptors (Lipinski definition) is 4. The van der Waals surface area contributed by atoms with Crippen LogP contribution in [0.2, 0.25) is 0 Å². The molecule has 2 aromatic rings. The molecular formula is C16H11N3O3. The zero-order valence-electron chi connectivity index (χ0n) is 11.4. The zero-order valence-corrected chi connectivity index (χ0v) is 11.4. The lowest BCUT2D eigenvalue weighted by atomic mass is 10.1. The summed E-state index contributed by atoms with van der Waals surface area (Å²) in [4.78, 5) is 23.8. The third kappa shape index (κ3) is 2.60. The Labute approximate surface area is 126 Å². The average Bonchev–Trinajstić information content (AvgIpc) is 2.54. The third-order valence-electron chi connectivity index (χ3n) is 3.14. The predicted molar refractivity (Wildman–Crippen MR) is 79.7 cm³/mol. The van der Waals surface area contributed by atoms with E-state index in [1.54, 1.807) is 42.5 Å². The summed E-state index contributed by atoms with van der Waals surface area (Å²) in [6.45, 7) is -0.0672. The number of nitrogens with zero attached hydrogens (tertiary/aromatic N) is 1. The number of para-hydroxylation sites is 1. The predicted octanol–water partition coefficient (Wildman–Crippen LogP) is 2.14. The Morgan fingerprint density at radius 3 is 2.91 bits per heavy atom. The molecule has 0 aromatic heterocycles. The maximum atomic E-state index is 12.4. The van der Waals surface area contributed by atoms with E-state index in [2.05, 4.69) is 10.6 Å². The number of amides is 2. The van der Waals surface area contributed by atoms with Gasteiger partial charge in [-0.2, -0.15) is 5.26 Å². The first-order valence-electron chi connectivity index (χ1n) is 6.54. The van der Waals surface area contributed by atoms with Crippen LogP contribution < -0.4 is 15.4 Å². The van der Waals surface area contributed by atoms with Crippen molar-refractivity contribution < 1.29 is 14.3 Å². The maximum absolute atomic E-state index is 12.4. The second-order valence-corrected chi connectivity index (χ2v) is 4.66. The van der Waals surface area contributed by atoms with Crippen LogP contribution in [-0.2, 0) is 4.79 Å². The topological polar surface area (TPSA) is 91.2 Å². The van der Waals surface area contributed by atoms with Crippen LogP contribution in [0.25, 0.3) is 0 Å². The summed E-state index contributed by atoms with van der Waals surface area (Å²) in [6, 6.07) is 13.5. The van der Waals surface area contributed by atoms with Crippen LogP contribution in [0.1, 0.15) is 15.9 Å². The van der Waals surface area contributed by atoms with Gasteiger partial charge >= 0.3 is 0 Å². The molecule has 0 spiro atoms. The average molecular weight is 293 g/mol. The maximum Gasteiger partial charge on any atom is 0.262 e. The van der Waals surface area contributed by atoms with Gasteiger partial charge in [-0.05, 0) is 30.3 Å².